The van der Waals surface area contributed by atoms with Gasteiger partial charge in [-0.3, -0.25) is 14.3 Å². The molecule has 4 N–H and O–H groups in total. The Hall–Kier alpha value is -2.39. The number of thiocarbonyl (C=S) groups is 1. The maximum atomic E-state index is 13.3. The molecule has 1 aromatic heterocycles. The molecule has 2 rings (SSSR count). The number of H-pyrrole nitrogens is 1. The van der Waals surface area contributed by atoms with Gasteiger partial charge < -0.3 is 16.0 Å². The highest BCUT2D eigenvalue weighted by Gasteiger charge is 2.21. The smallest absolute Gasteiger partial charge is 0.330 e. The summed E-state index contributed by atoms with van der Waals surface area (Å²) in [6, 6.07) is 4.06. The minimum Gasteiger partial charge on any atom is -0.383 e. The van der Waals surface area contributed by atoms with Gasteiger partial charge in [-0.2, -0.15) is 0 Å². The number of unbranched alkanes of at least 4 members (excludes halogenated alkanes) is 1. The summed E-state index contributed by atoms with van der Waals surface area (Å²) in [4.78, 5) is 28.2. The van der Waals surface area contributed by atoms with Gasteiger partial charge in [-0.25, -0.2) is 9.18 Å². The van der Waals surface area contributed by atoms with E-state index in [0.29, 0.717) is 18.8 Å². The van der Waals surface area contributed by atoms with Crippen molar-refractivity contribution in [2.45, 2.75) is 33.2 Å². The first kappa shape index (κ1) is 20.9. The molecule has 0 amide bonds. The van der Waals surface area contributed by atoms with Crippen LogP contribution in [0.5, 0.6) is 0 Å². The predicted molar refractivity (Wildman–Crippen MR) is 111 cm³/mol. The predicted octanol–water partition coefficient (Wildman–Crippen LogP) is 2.93. The molecule has 0 atom stereocenters. The summed E-state index contributed by atoms with van der Waals surface area (Å²) in [5, 5.41) is 3.01. The number of benzene rings is 1. The third-order valence-corrected chi connectivity index (χ3v) is 4.56. The molecule has 0 aliphatic heterocycles. The lowest BCUT2D eigenvalue weighted by molar-refractivity contribution is 0.604. The number of anilines is 3. The summed E-state index contributed by atoms with van der Waals surface area (Å²) in [6.45, 7) is 4.47. The minimum atomic E-state index is -0.631. The summed E-state index contributed by atoms with van der Waals surface area (Å²) in [5.74, 6) is -0.510. The fourth-order valence-electron chi connectivity index (χ4n) is 2.54. The number of nitrogens with two attached hydrogens (primary N) is 1. The van der Waals surface area contributed by atoms with Gasteiger partial charge in [0.05, 0.1) is 5.02 Å². The van der Waals surface area contributed by atoms with E-state index in [9.17, 15) is 14.0 Å². The number of rotatable bonds is 6. The summed E-state index contributed by atoms with van der Waals surface area (Å²) < 4.78 is 14.6. The molecule has 1 aromatic carbocycles. The van der Waals surface area contributed by atoms with Gasteiger partial charge >= 0.3 is 5.69 Å². The van der Waals surface area contributed by atoms with Gasteiger partial charge in [-0.05, 0) is 43.8 Å². The van der Waals surface area contributed by atoms with Crippen molar-refractivity contribution in [1.82, 2.24) is 9.55 Å². The van der Waals surface area contributed by atoms with Gasteiger partial charge in [0.15, 0.2) is 10.8 Å². The first-order chi connectivity index (χ1) is 12.8. The van der Waals surface area contributed by atoms with Crippen molar-refractivity contribution < 1.29 is 4.39 Å². The molecule has 0 unspecified atom stereocenters. The van der Waals surface area contributed by atoms with Crippen molar-refractivity contribution in [3.8, 4) is 0 Å². The summed E-state index contributed by atoms with van der Waals surface area (Å²) in [5.41, 5.74) is 5.47. The molecule has 0 saturated carbocycles. The van der Waals surface area contributed by atoms with Gasteiger partial charge in [0.1, 0.15) is 11.6 Å². The summed E-state index contributed by atoms with van der Waals surface area (Å²) >= 11 is 11.2. The average molecular weight is 414 g/mol. The molecule has 0 bridgehead atoms. The number of aromatic amines is 1. The van der Waals surface area contributed by atoms with Gasteiger partial charge in [0.25, 0.3) is 5.56 Å². The van der Waals surface area contributed by atoms with Gasteiger partial charge in [0.2, 0.25) is 0 Å². The van der Waals surface area contributed by atoms with Crippen LogP contribution < -0.4 is 27.2 Å². The highest BCUT2D eigenvalue weighted by atomic mass is 35.5. The van der Waals surface area contributed by atoms with Crippen LogP contribution in [0, 0.1) is 5.82 Å². The van der Waals surface area contributed by atoms with E-state index in [1.807, 2.05) is 6.92 Å². The Morgan fingerprint density at radius 1 is 1.41 bits per heavy atom. The van der Waals surface area contributed by atoms with E-state index in [-0.39, 0.29) is 21.6 Å². The third kappa shape index (κ3) is 4.67. The molecule has 0 fully saturated rings. The summed E-state index contributed by atoms with van der Waals surface area (Å²) in [7, 11) is 0. The fourth-order valence-corrected chi connectivity index (χ4v) is 3.06. The zero-order valence-corrected chi connectivity index (χ0v) is 16.6. The zero-order valence-electron chi connectivity index (χ0n) is 15.0. The number of hydrogen-bond donors (Lipinski definition) is 3. The van der Waals surface area contributed by atoms with E-state index >= 15 is 0 Å². The Bertz CT molecular complexity index is 959. The van der Waals surface area contributed by atoms with E-state index < -0.39 is 17.1 Å². The van der Waals surface area contributed by atoms with Crippen LogP contribution in [0.25, 0.3) is 0 Å². The van der Waals surface area contributed by atoms with Crippen LogP contribution in [-0.2, 0) is 6.54 Å². The first-order valence-corrected chi connectivity index (χ1v) is 9.24. The largest absolute Gasteiger partial charge is 0.383 e. The molecule has 0 radical (unpaired) electrons. The second-order valence-electron chi connectivity index (χ2n) is 5.80. The molecule has 0 spiro atoms. The molecule has 2 aromatic rings. The topological polar surface area (TPSA) is 96.2 Å². The minimum absolute atomic E-state index is 0.0420. The van der Waals surface area contributed by atoms with Gasteiger partial charge in [0, 0.05) is 18.8 Å². The standard InChI is InChI=1S/C17H21ClFN5O2S/c1-3-5-8-24-14(20)13(15(25)22-16(24)26)23(4-2)17(27)21-10-6-7-12(19)11(18)9-10/h6-7,9H,3-5,8,20H2,1-2H3,(H,21,27)(H,22,25,26). The Morgan fingerprint density at radius 2 is 2.11 bits per heavy atom. The monoisotopic (exact) mass is 413 g/mol. The Morgan fingerprint density at radius 3 is 2.70 bits per heavy atom. The lowest BCUT2D eigenvalue weighted by Gasteiger charge is -2.26. The fraction of sp³-hybridized carbons (Fsp3) is 0.353. The van der Waals surface area contributed by atoms with Crippen molar-refractivity contribution in [3.05, 3.63) is 49.9 Å². The van der Waals surface area contributed by atoms with E-state index in [1.54, 1.807) is 6.92 Å². The van der Waals surface area contributed by atoms with Crippen molar-refractivity contribution in [2.75, 3.05) is 22.5 Å². The number of aromatic nitrogens is 2. The van der Waals surface area contributed by atoms with Crippen molar-refractivity contribution >= 4 is 46.1 Å². The van der Waals surface area contributed by atoms with E-state index in [1.165, 1.54) is 27.7 Å². The number of nitrogen functional groups attached to an aromatic ring is 1. The van der Waals surface area contributed by atoms with Crippen LogP contribution in [0.4, 0.5) is 21.6 Å². The van der Waals surface area contributed by atoms with E-state index in [4.69, 9.17) is 29.6 Å². The lowest BCUT2D eigenvalue weighted by atomic mass is 10.3. The molecule has 146 valence electrons. The van der Waals surface area contributed by atoms with Crippen molar-refractivity contribution in [3.63, 3.8) is 0 Å². The van der Waals surface area contributed by atoms with Crippen molar-refractivity contribution in [1.29, 1.82) is 0 Å². The first-order valence-electron chi connectivity index (χ1n) is 8.46. The molecule has 0 aliphatic carbocycles. The molecular weight excluding hydrogens is 393 g/mol. The molecule has 0 aliphatic rings. The van der Waals surface area contributed by atoms with E-state index in [2.05, 4.69) is 10.3 Å². The van der Waals surface area contributed by atoms with Crippen LogP contribution in [-0.4, -0.2) is 21.2 Å². The average Bonchev–Trinajstić information content (AvgIpc) is 2.61. The Balaban J connectivity index is 2.41. The third-order valence-electron chi connectivity index (χ3n) is 3.95. The maximum Gasteiger partial charge on any atom is 0.330 e. The normalized spacial score (nSPS) is 10.7. The lowest BCUT2D eigenvalue weighted by Crippen LogP contribution is -2.42. The zero-order chi connectivity index (χ0) is 20.1. The molecule has 10 heteroatoms. The molecular formula is C17H21ClFN5O2S. The number of hydrogen-bond acceptors (Lipinski definition) is 4. The highest BCUT2D eigenvalue weighted by Crippen LogP contribution is 2.22. The number of nitrogens with one attached hydrogen (secondary N) is 2. The Labute approximate surface area is 165 Å². The van der Waals surface area contributed by atoms with Crippen LogP contribution in [0.1, 0.15) is 26.7 Å². The molecule has 0 saturated heterocycles. The molecule has 1 heterocycles. The van der Waals surface area contributed by atoms with Crippen LogP contribution >= 0.6 is 23.8 Å². The van der Waals surface area contributed by atoms with Gasteiger partial charge in [-0.1, -0.05) is 24.9 Å². The van der Waals surface area contributed by atoms with Crippen LogP contribution in [0.15, 0.2) is 27.8 Å². The van der Waals surface area contributed by atoms with Crippen molar-refractivity contribution in [2.24, 2.45) is 0 Å². The second-order valence-corrected chi connectivity index (χ2v) is 6.60. The SMILES string of the molecule is CCCCn1c(N)c(N(CC)C(=S)Nc2ccc(F)c(Cl)c2)c(=O)[nH]c1=O. The number of nitrogens with zero attached hydrogens (tertiary/aromatic N) is 2. The van der Waals surface area contributed by atoms with E-state index in [0.717, 1.165) is 12.8 Å². The summed E-state index contributed by atoms with van der Waals surface area (Å²) in [6.07, 6.45) is 1.60. The molecule has 27 heavy (non-hydrogen) atoms. The second kappa shape index (κ2) is 9.01. The van der Waals surface area contributed by atoms with Crippen LogP contribution in [0.3, 0.4) is 0 Å². The molecule has 7 nitrogen and oxygen atoms in total. The number of halogens is 2. The Kier molecular flexibility index (Phi) is 6.98. The highest BCUT2D eigenvalue weighted by molar-refractivity contribution is 7.80. The van der Waals surface area contributed by atoms with Crippen LogP contribution in [0.2, 0.25) is 5.02 Å². The van der Waals surface area contributed by atoms with Gasteiger partial charge in [-0.15, -0.1) is 0 Å². The quantitative estimate of drug-likeness (QED) is 0.630. The maximum absolute atomic E-state index is 13.3.